The molecule has 3 aliphatic heterocycles. The van der Waals surface area contributed by atoms with Gasteiger partial charge in [-0.1, -0.05) is 57.2 Å². The number of nitrogens with zero attached hydrogens (tertiary/aromatic N) is 2. The molecular formula is C28H38N2O6. The smallest absolute Gasteiger partial charge is 0.310 e. The Morgan fingerprint density at radius 2 is 1.97 bits per heavy atom. The normalized spacial score (nSPS) is 33.6. The Morgan fingerprint density at radius 1 is 1.31 bits per heavy atom. The Balaban J connectivity index is 1.83. The number of aliphatic hydroxyl groups is 1. The van der Waals surface area contributed by atoms with Crippen LogP contribution in [0.5, 0.6) is 0 Å². The van der Waals surface area contributed by atoms with E-state index in [1.807, 2.05) is 51.1 Å². The zero-order valence-corrected chi connectivity index (χ0v) is 21.6. The van der Waals surface area contributed by atoms with Gasteiger partial charge < -0.3 is 24.7 Å². The summed E-state index contributed by atoms with van der Waals surface area (Å²) in [7, 11) is 0. The average Bonchev–Trinajstić information content (AvgIpc) is 3.34. The Hall–Kier alpha value is -2.71. The molecule has 8 nitrogen and oxygen atoms in total. The Kier molecular flexibility index (Phi) is 7.05. The highest BCUT2D eigenvalue weighted by Crippen LogP contribution is 2.65. The van der Waals surface area contributed by atoms with Crippen LogP contribution in [0.1, 0.15) is 46.1 Å². The highest BCUT2D eigenvalue weighted by atomic mass is 16.5. The summed E-state index contributed by atoms with van der Waals surface area (Å²) in [6.07, 6.45) is 2.54. The number of fused-ring (bicyclic) bond motifs is 1. The van der Waals surface area contributed by atoms with Crippen LogP contribution >= 0.6 is 0 Å². The van der Waals surface area contributed by atoms with Crippen molar-refractivity contribution in [3.63, 3.8) is 0 Å². The second kappa shape index (κ2) is 9.63. The number of hydrogen-bond acceptors (Lipinski definition) is 5. The van der Waals surface area contributed by atoms with Crippen molar-refractivity contribution < 1.29 is 29.3 Å². The summed E-state index contributed by atoms with van der Waals surface area (Å²) in [5, 5.41) is 20.6. The quantitative estimate of drug-likeness (QED) is 0.481. The van der Waals surface area contributed by atoms with Crippen molar-refractivity contribution in [1.29, 1.82) is 0 Å². The van der Waals surface area contributed by atoms with Crippen molar-refractivity contribution >= 4 is 17.8 Å². The maximum atomic E-state index is 14.4. The van der Waals surface area contributed by atoms with Gasteiger partial charge in [0.15, 0.2) is 0 Å². The number of rotatable bonds is 10. The summed E-state index contributed by atoms with van der Waals surface area (Å²) in [5.41, 5.74) is -1.38. The minimum absolute atomic E-state index is 0.154. The number of carboxylic acids is 1. The maximum absolute atomic E-state index is 14.4. The fraction of sp³-hybridized carbons (Fsp3) is 0.607. The third-order valence-corrected chi connectivity index (χ3v) is 8.48. The van der Waals surface area contributed by atoms with Gasteiger partial charge in [-0.3, -0.25) is 14.4 Å². The summed E-state index contributed by atoms with van der Waals surface area (Å²) >= 11 is 0. The fourth-order valence-corrected chi connectivity index (χ4v) is 6.91. The zero-order valence-electron chi connectivity index (χ0n) is 21.6. The molecule has 0 saturated carbocycles. The first-order valence-electron chi connectivity index (χ1n) is 12.8. The molecule has 3 saturated heterocycles. The number of amides is 2. The van der Waals surface area contributed by atoms with E-state index >= 15 is 0 Å². The second-order valence-electron chi connectivity index (χ2n) is 11.2. The molecule has 36 heavy (non-hydrogen) atoms. The molecule has 3 heterocycles. The molecule has 1 aromatic carbocycles. The summed E-state index contributed by atoms with van der Waals surface area (Å²) in [6, 6.07) is 7.92. The molecule has 196 valence electrons. The van der Waals surface area contributed by atoms with E-state index < -0.39 is 47.0 Å². The first kappa shape index (κ1) is 26.4. The van der Waals surface area contributed by atoms with Crippen molar-refractivity contribution in [3.8, 4) is 0 Å². The van der Waals surface area contributed by atoms with Crippen LogP contribution in [-0.2, 0) is 25.7 Å². The van der Waals surface area contributed by atoms with E-state index in [-0.39, 0.29) is 30.9 Å². The van der Waals surface area contributed by atoms with E-state index in [9.17, 15) is 24.6 Å². The van der Waals surface area contributed by atoms with E-state index in [0.29, 0.717) is 19.4 Å². The molecule has 0 aliphatic carbocycles. The average molecular weight is 499 g/mol. The van der Waals surface area contributed by atoms with Gasteiger partial charge in [-0.15, -0.1) is 6.58 Å². The molecule has 2 amide bonds. The standard InChI is InChI=1S/C28H38N2O6/c1-6-12-29(15-19-10-8-7-9-11-19)25(33)23-28-14-18(4)27(5,36-28)22(26(34)35)21(28)24(32)30(23)20(16-31)13-17(2)3/h6-11,17-18,20-23,31H,1,12-16H2,2-5H3,(H,34,35)/t18?,20-,21+,22+,23?,27-,28?/m1/s1. The van der Waals surface area contributed by atoms with Crippen LogP contribution in [0.15, 0.2) is 43.0 Å². The van der Waals surface area contributed by atoms with Crippen LogP contribution in [0.2, 0.25) is 0 Å². The predicted octanol–water partition coefficient (Wildman–Crippen LogP) is 2.70. The molecule has 2 N–H and O–H groups in total. The summed E-state index contributed by atoms with van der Waals surface area (Å²) in [4.78, 5) is 44.1. The van der Waals surface area contributed by atoms with Gasteiger partial charge in [0.25, 0.3) is 0 Å². The fourth-order valence-electron chi connectivity index (χ4n) is 6.91. The van der Waals surface area contributed by atoms with Crippen LogP contribution in [0, 0.1) is 23.7 Å². The van der Waals surface area contributed by atoms with Crippen LogP contribution in [0.3, 0.4) is 0 Å². The Labute approximate surface area is 212 Å². The minimum Gasteiger partial charge on any atom is -0.481 e. The molecule has 0 radical (unpaired) electrons. The Bertz CT molecular complexity index is 1030. The van der Waals surface area contributed by atoms with Gasteiger partial charge in [-0.25, -0.2) is 0 Å². The maximum Gasteiger partial charge on any atom is 0.310 e. The van der Waals surface area contributed by atoms with Crippen molar-refractivity contribution in [2.75, 3.05) is 13.2 Å². The lowest BCUT2D eigenvalue weighted by atomic mass is 9.62. The molecular weight excluding hydrogens is 460 g/mol. The summed E-state index contributed by atoms with van der Waals surface area (Å²) < 4.78 is 6.57. The first-order chi connectivity index (χ1) is 17.0. The van der Waals surface area contributed by atoms with E-state index in [0.717, 1.165) is 5.56 Å². The number of likely N-dealkylation sites (tertiary alicyclic amines) is 1. The van der Waals surface area contributed by atoms with E-state index in [2.05, 4.69) is 6.58 Å². The van der Waals surface area contributed by atoms with Gasteiger partial charge in [0.1, 0.15) is 17.6 Å². The predicted molar refractivity (Wildman–Crippen MR) is 134 cm³/mol. The number of carboxylic acid groups (broad SMARTS) is 1. The molecule has 1 aromatic rings. The van der Waals surface area contributed by atoms with Gasteiger partial charge in [-0.05, 0) is 37.2 Å². The number of ether oxygens (including phenoxy) is 1. The van der Waals surface area contributed by atoms with Gasteiger partial charge in [0, 0.05) is 13.1 Å². The topological polar surface area (TPSA) is 107 Å². The monoisotopic (exact) mass is 498 g/mol. The first-order valence-corrected chi connectivity index (χ1v) is 12.8. The van der Waals surface area contributed by atoms with Gasteiger partial charge in [-0.2, -0.15) is 0 Å². The molecule has 8 heteroatoms. The molecule has 0 aromatic heterocycles. The molecule has 3 fully saturated rings. The van der Waals surface area contributed by atoms with E-state index in [1.165, 1.54) is 4.90 Å². The third-order valence-electron chi connectivity index (χ3n) is 8.48. The van der Waals surface area contributed by atoms with E-state index in [4.69, 9.17) is 4.74 Å². The van der Waals surface area contributed by atoms with Gasteiger partial charge in [0.05, 0.1) is 24.2 Å². The van der Waals surface area contributed by atoms with E-state index in [1.54, 1.807) is 17.9 Å². The van der Waals surface area contributed by atoms with Crippen LogP contribution < -0.4 is 0 Å². The number of benzene rings is 1. The highest BCUT2D eigenvalue weighted by Gasteiger charge is 2.80. The van der Waals surface area contributed by atoms with Crippen molar-refractivity contribution in [3.05, 3.63) is 48.6 Å². The number of carbonyl (C=O) groups excluding carboxylic acids is 2. The third kappa shape index (κ3) is 3.95. The summed E-state index contributed by atoms with van der Waals surface area (Å²) in [6.45, 7) is 11.7. The molecule has 3 aliphatic rings. The van der Waals surface area contributed by atoms with Crippen LogP contribution in [0.4, 0.5) is 0 Å². The largest absolute Gasteiger partial charge is 0.481 e. The lowest BCUT2D eigenvalue weighted by Crippen LogP contribution is -2.59. The highest BCUT2D eigenvalue weighted by molar-refractivity contribution is 5.98. The van der Waals surface area contributed by atoms with Crippen LogP contribution in [-0.4, -0.2) is 74.2 Å². The summed E-state index contributed by atoms with van der Waals surface area (Å²) in [5.74, 6) is -3.84. The number of hydrogen-bond donors (Lipinski definition) is 2. The lowest BCUT2D eigenvalue weighted by molar-refractivity contribution is -0.160. The molecule has 1 spiro atoms. The minimum atomic E-state index is -1.26. The SMILES string of the molecule is C=CCN(Cc1ccccc1)C(=O)C1N([C@@H](CO)CC(C)C)C(=O)[C@@H]2[C@@H](C(=O)O)[C@]3(C)OC12CC3C. The molecule has 3 unspecified atom stereocenters. The van der Waals surface area contributed by atoms with Crippen molar-refractivity contribution in [1.82, 2.24) is 9.80 Å². The van der Waals surface area contributed by atoms with Crippen molar-refractivity contribution in [2.45, 2.75) is 70.4 Å². The van der Waals surface area contributed by atoms with Crippen LogP contribution in [0.25, 0.3) is 0 Å². The molecule has 2 bridgehead atoms. The number of carbonyl (C=O) groups is 3. The molecule has 4 rings (SSSR count). The van der Waals surface area contributed by atoms with Gasteiger partial charge >= 0.3 is 5.97 Å². The van der Waals surface area contributed by atoms with Gasteiger partial charge in [0.2, 0.25) is 11.8 Å². The number of aliphatic carboxylic acids is 1. The lowest BCUT2D eigenvalue weighted by Gasteiger charge is -2.40. The number of aliphatic hydroxyl groups excluding tert-OH is 1. The van der Waals surface area contributed by atoms with Crippen molar-refractivity contribution in [2.24, 2.45) is 23.7 Å². The second-order valence-corrected chi connectivity index (χ2v) is 11.2. The molecule has 7 atom stereocenters. The Morgan fingerprint density at radius 3 is 2.53 bits per heavy atom. The zero-order chi connectivity index (χ0) is 26.4.